The maximum atomic E-state index is 12.5. The van der Waals surface area contributed by atoms with E-state index in [9.17, 15) is 14.2 Å². The van der Waals surface area contributed by atoms with E-state index in [1.54, 1.807) is 0 Å². The van der Waals surface area contributed by atoms with E-state index in [4.69, 9.17) is 19.3 Å². The van der Waals surface area contributed by atoms with Crippen LogP contribution in [-0.4, -0.2) is 41.0 Å². The first-order valence-corrected chi connectivity index (χ1v) is 25.5. The zero-order chi connectivity index (χ0) is 41.1. The van der Waals surface area contributed by atoms with E-state index in [0.717, 1.165) is 32.1 Å². The molecular weight excluding hydrogens is 723 g/mol. The van der Waals surface area contributed by atoms with Gasteiger partial charge >= 0.3 is 19.8 Å². The van der Waals surface area contributed by atoms with E-state index in [1.165, 1.54) is 193 Å². The maximum Gasteiger partial charge on any atom is 0.469 e. The Kier molecular flexibility index (Phi) is 42.4. The number of rotatable bonds is 45. The smallest absolute Gasteiger partial charge is 0.462 e. The van der Waals surface area contributed by atoms with Crippen LogP contribution in [0.5, 0.6) is 0 Å². The number of carbonyl (C=O) groups is 2. The Bertz CT molecular complexity index is 920. The van der Waals surface area contributed by atoms with Gasteiger partial charge in [-0.05, 0) is 38.5 Å². The standard InChI is InChI=1S/C47H91O8P/c1-3-5-7-9-11-13-15-17-19-21-23-25-27-29-31-33-35-37-39-41-46(48)53-43-45(44-54-56(50,51)52)55-47(49)42-40-38-36-34-32-30-28-26-24-22-20-18-16-14-12-10-8-6-4-2/h17,19,45H,3-16,18,20-44H2,1-2H3,(H2,50,51,52)/b19-17-/t45-/m1/s1. The highest BCUT2D eigenvalue weighted by Crippen LogP contribution is 2.36. The van der Waals surface area contributed by atoms with E-state index in [-0.39, 0.29) is 19.4 Å². The lowest BCUT2D eigenvalue weighted by Crippen LogP contribution is -2.29. The third-order valence-corrected chi connectivity index (χ3v) is 11.3. The topological polar surface area (TPSA) is 119 Å². The van der Waals surface area contributed by atoms with Gasteiger partial charge in [-0.2, -0.15) is 0 Å². The van der Waals surface area contributed by atoms with E-state index >= 15 is 0 Å². The highest BCUT2D eigenvalue weighted by atomic mass is 31.2. The van der Waals surface area contributed by atoms with Gasteiger partial charge in [0.1, 0.15) is 6.61 Å². The van der Waals surface area contributed by atoms with Crippen LogP contribution in [-0.2, 0) is 28.2 Å². The van der Waals surface area contributed by atoms with Crippen molar-refractivity contribution < 1.29 is 37.9 Å². The zero-order valence-electron chi connectivity index (χ0n) is 36.8. The van der Waals surface area contributed by atoms with Crippen LogP contribution in [0.2, 0.25) is 0 Å². The van der Waals surface area contributed by atoms with Gasteiger partial charge in [-0.15, -0.1) is 0 Å². The van der Waals surface area contributed by atoms with E-state index in [0.29, 0.717) is 6.42 Å². The van der Waals surface area contributed by atoms with Gasteiger partial charge in [-0.25, -0.2) is 4.57 Å². The molecule has 332 valence electrons. The molecule has 0 aromatic carbocycles. The molecule has 0 spiro atoms. The molecule has 9 heteroatoms. The molecule has 0 rings (SSSR count). The monoisotopic (exact) mass is 815 g/mol. The van der Waals surface area contributed by atoms with Crippen molar-refractivity contribution in [2.75, 3.05) is 13.2 Å². The minimum Gasteiger partial charge on any atom is -0.462 e. The first-order chi connectivity index (χ1) is 27.3. The molecule has 0 amide bonds. The van der Waals surface area contributed by atoms with Crippen LogP contribution in [0.15, 0.2) is 12.2 Å². The lowest BCUT2D eigenvalue weighted by atomic mass is 10.0. The van der Waals surface area contributed by atoms with Crippen LogP contribution in [0.1, 0.15) is 258 Å². The summed E-state index contributed by atoms with van der Waals surface area (Å²) in [4.78, 5) is 43.0. The lowest BCUT2D eigenvalue weighted by Gasteiger charge is -2.18. The third kappa shape index (κ3) is 45.5. The molecule has 56 heavy (non-hydrogen) atoms. The molecule has 0 unspecified atom stereocenters. The molecule has 0 aliphatic rings. The Morgan fingerprint density at radius 1 is 0.446 bits per heavy atom. The summed E-state index contributed by atoms with van der Waals surface area (Å²) in [6.07, 6.45) is 49.4. The van der Waals surface area contributed by atoms with Crippen molar-refractivity contribution in [3.05, 3.63) is 12.2 Å². The molecule has 0 fully saturated rings. The normalized spacial score (nSPS) is 12.4. The molecule has 0 saturated carbocycles. The Labute approximate surface area is 346 Å². The zero-order valence-corrected chi connectivity index (χ0v) is 37.7. The van der Waals surface area contributed by atoms with E-state index < -0.39 is 32.5 Å². The average Bonchev–Trinajstić information content (AvgIpc) is 3.17. The van der Waals surface area contributed by atoms with Gasteiger partial charge in [0, 0.05) is 12.8 Å². The number of carbonyl (C=O) groups excluding carboxylic acids is 2. The van der Waals surface area contributed by atoms with Gasteiger partial charge < -0.3 is 19.3 Å². The molecule has 0 aromatic rings. The second kappa shape index (κ2) is 43.4. The number of phosphoric ester groups is 1. The number of esters is 2. The number of hydrogen-bond acceptors (Lipinski definition) is 6. The predicted molar refractivity (Wildman–Crippen MR) is 235 cm³/mol. The van der Waals surface area contributed by atoms with Crippen LogP contribution in [0.4, 0.5) is 0 Å². The highest BCUT2D eigenvalue weighted by Gasteiger charge is 2.23. The predicted octanol–water partition coefficient (Wildman–Crippen LogP) is 15.0. The highest BCUT2D eigenvalue weighted by molar-refractivity contribution is 7.46. The van der Waals surface area contributed by atoms with Gasteiger partial charge in [0.05, 0.1) is 6.61 Å². The summed E-state index contributed by atoms with van der Waals surface area (Å²) in [5.74, 6) is -0.870. The fraction of sp³-hybridized carbons (Fsp3) is 0.915. The summed E-state index contributed by atoms with van der Waals surface area (Å²) in [7, 11) is -4.75. The van der Waals surface area contributed by atoms with Crippen LogP contribution in [0.3, 0.4) is 0 Å². The molecule has 0 radical (unpaired) electrons. The van der Waals surface area contributed by atoms with Crippen molar-refractivity contribution in [3.8, 4) is 0 Å². The molecule has 8 nitrogen and oxygen atoms in total. The van der Waals surface area contributed by atoms with Crippen molar-refractivity contribution >= 4 is 19.8 Å². The largest absolute Gasteiger partial charge is 0.469 e. The number of unbranched alkanes of at least 4 members (excludes halogenated alkanes) is 33. The van der Waals surface area contributed by atoms with Crippen molar-refractivity contribution in [2.45, 2.75) is 264 Å². The van der Waals surface area contributed by atoms with Crippen molar-refractivity contribution in [2.24, 2.45) is 0 Å². The number of allylic oxidation sites excluding steroid dienone is 2. The quantitative estimate of drug-likeness (QED) is 0.0270. The minimum absolute atomic E-state index is 0.218. The Morgan fingerprint density at radius 2 is 0.750 bits per heavy atom. The number of ether oxygens (including phenoxy) is 2. The average molecular weight is 815 g/mol. The first kappa shape index (κ1) is 54.8. The van der Waals surface area contributed by atoms with Crippen LogP contribution >= 0.6 is 7.82 Å². The Hall–Kier alpha value is -1.21. The summed E-state index contributed by atoms with van der Waals surface area (Å²) in [5.41, 5.74) is 0. The molecule has 0 aliphatic carbocycles. The molecule has 1 atom stereocenters. The summed E-state index contributed by atoms with van der Waals surface area (Å²) < 4.78 is 26.5. The van der Waals surface area contributed by atoms with Gasteiger partial charge in [0.25, 0.3) is 0 Å². The summed E-state index contributed by atoms with van der Waals surface area (Å²) in [5, 5.41) is 0. The van der Waals surface area contributed by atoms with Crippen molar-refractivity contribution in [1.29, 1.82) is 0 Å². The van der Waals surface area contributed by atoms with E-state index in [1.807, 2.05) is 0 Å². The molecule has 0 aromatic heterocycles. The van der Waals surface area contributed by atoms with Gasteiger partial charge in [0.15, 0.2) is 6.10 Å². The Balaban J connectivity index is 3.81. The van der Waals surface area contributed by atoms with Crippen LogP contribution in [0.25, 0.3) is 0 Å². The molecule has 0 heterocycles. The SMILES string of the molecule is CCCCCCCC/C=C\CCCCCCCCCCCC(=O)OC[C@H](COP(=O)(O)O)OC(=O)CCCCCCCCCCCCCCCCCCCCC. The van der Waals surface area contributed by atoms with Gasteiger partial charge in [-0.3, -0.25) is 14.1 Å². The lowest BCUT2D eigenvalue weighted by molar-refractivity contribution is -0.161. The number of hydrogen-bond donors (Lipinski definition) is 2. The van der Waals surface area contributed by atoms with Crippen LogP contribution < -0.4 is 0 Å². The second-order valence-corrected chi connectivity index (χ2v) is 17.7. The van der Waals surface area contributed by atoms with Gasteiger partial charge in [0.2, 0.25) is 0 Å². The molecule has 0 aliphatic heterocycles. The van der Waals surface area contributed by atoms with E-state index in [2.05, 4.69) is 30.5 Å². The maximum absolute atomic E-state index is 12.5. The first-order valence-electron chi connectivity index (χ1n) is 24.0. The molecule has 0 saturated heterocycles. The van der Waals surface area contributed by atoms with Crippen molar-refractivity contribution in [1.82, 2.24) is 0 Å². The summed E-state index contributed by atoms with van der Waals surface area (Å²) in [6, 6.07) is 0. The van der Waals surface area contributed by atoms with Crippen molar-refractivity contribution in [3.63, 3.8) is 0 Å². The molecule has 2 N–H and O–H groups in total. The Morgan fingerprint density at radius 3 is 1.09 bits per heavy atom. The summed E-state index contributed by atoms with van der Waals surface area (Å²) in [6.45, 7) is 3.73. The third-order valence-electron chi connectivity index (χ3n) is 10.8. The van der Waals surface area contributed by atoms with Crippen LogP contribution in [0, 0.1) is 0 Å². The fourth-order valence-electron chi connectivity index (χ4n) is 7.19. The molecular formula is C47H91O8P. The molecule has 0 bridgehead atoms. The summed E-state index contributed by atoms with van der Waals surface area (Å²) >= 11 is 0. The van der Waals surface area contributed by atoms with Gasteiger partial charge in [-0.1, -0.05) is 219 Å². The second-order valence-electron chi connectivity index (χ2n) is 16.4. The minimum atomic E-state index is -4.75. The fourth-order valence-corrected chi connectivity index (χ4v) is 7.55. The number of phosphoric acid groups is 1.